The molecule has 1 nitrogen and oxygen atoms in total. The first-order valence-corrected chi connectivity index (χ1v) is 7.28. The summed E-state index contributed by atoms with van der Waals surface area (Å²) in [4.78, 5) is 12.0. The lowest BCUT2D eigenvalue weighted by atomic mass is 9.81. The fraction of sp³-hybridized carbons (Fsp3) is 0.211. The zero-order valence-corrected chi connectivity index (χ0v) is 12.3. The normalized spacial score (nSPS) is 18.2. The van der Waals surface area contributed by atoms with E-state index >= 15 is 0 Å². The molecule has 3 heteroatoms. The third kappa shape index (κ3) is 2.98. The number of allylic oxidation sites excluding steroid dienone is 2. The molecule has 0 aromatic heterocycles. The Hall–Kier alpha value is -2.29. The van der Waals surface area contributed by atoms with Gasteiger partial charge in [-0.05, 0) is 71.9 Å². The van der Waals surface area contributed by atoms with Crippen LogP contribution in [0.4, 0.5) is 8.78 Å². The van der Waals surface area contributed by atoms with Gasteiger partial charge >= 0.3 is 0 Å². The van der Waals surface area contributed by atoms with Gasteiger partial charge in [0.2, 0.25) is 0 Å². The summed E-state index contributed by atoms with van der Waals surface area (Å²) in [6.45, 7) is 1.71. The Morgan fingerprint density at radius 1 is 1.00 bits per heavy atom. The molecule has 0 saturated heterocycles. The molecule has 112 valence electrons. The molecule has 0 saturated carbocycles. The molecule has 2 aromatic rings. The van der Waals surface area contributed by atoms with Gasteiger partial charge in [0.15, 0.2) is 5.78 Å². The average Bonchev–Trinajstić information content (AvgIpc) is 2.50. The van der Waals surface area contributed by atoms with Crippen molar-refractivity contribution in [2.24, 2.45) is 0 Å². The highest BCUT2D eigenvalue weighted by atomic mass is 19.1. The van der Waals surface area contributed by atoms with E-state index in [1.54, 1.807) is 37.3 Å². The van der Waals surface area contributed by atoms with Crippen molar-refractivity contribution >= 4 is 11.4 Å². The first-order chi connectivity index (χ1) is 10.5. The van der Waals surface area contributed by atoms with Crippen molar-refractivity contribution in [3.8, 4) is 0 Å². The number of halogens is 2. The van der Waals surface area contributed by atoms with E-state index in [0.717, 1.165) is 16.7 Å². The highest BCUT2D eigenvalue weighted by Crippen LogP contribution is 2.36. The van der Waals surface area contributed by atoms with Crippen LogP contribution in [0.15, 0.2) is 48.5 Å². The third-order valence-electron chi connectivity index (χ3n) is 4.12. The predicted molar refractivity (Wildman–Crippen MR) is 82.5 cm³/mol. The number of aryl methyl sites for hydroxylation is 1. The number of hydrogen-bond donors (Lipinski definition) is 0. The lowest BCUT2D eigenvalue weighted by Gasteiger charge is -2.23. The molecule has 0 heterocycles. The standard InChI is InChI=1S/C19H16F2O/c1-12-8-14(4-7-19(12)21)16-9-15(10-18(22)11-16)13-2-5-17(20)6-3-13/h2-8,11,15H,9-10H2,1H3/t15-/m1/s1. The summed E-state index contributed by atoms with van der Waals surface area (Å²) in [6, 6.07) is 11.2. The molecule has 2 aromatic carbocycles. The Labute approximate surface area is 128 Å². The van der Waals surface area contributed by atoms with Crippen LogP contribution in [0.2, 0.25) is 0 Å². The summed E-state index contributed by atoms with van der Waals surface area (Å²) in [7, 11) is 0. The molecule has 1 aliphatic carbocycles. The molecule has 0 amide bonds. The molecule has 22 heavy (non-hydrogen) atoms. The summed E-state index contributed by atoms with van der Waals surface area (Å²) < 4.78 is 26.4. The van der Waals surface area contributed by atoms with Crippen molar-refractivity contribution in [2.45, 2.75) is 25.7 Å². The van der Waals surface area contributed by atoms with Crippen molar-refractivity contribution in [3.63, 3.8) is 0 Å². The van der Waals surface area contributed by atoms with E-state index in [1.165, 1.54) is 18.2 Å². The van der Waals surface area contributed by atoms with Gasteiger partial charge in [0.05, 0.1) is 0 Å². The van der Waals surface area contributed by atoms with Gasteiger partial charge in [0.1, 0.15) is 11.6 Å². The number of carbonyl (C=O) groups excluding carboxylic acids is 1. The van der Waals surface area contributed by atoms with Gasteiger partial charge in [-0.25, -0.2) is 8.78 Å². The predicted octanol–water partition coefficient (Wildman–Crippen LogP) is 4.80. The maximum atomic E-state index is 13.4. The summed E-state index contributed by atoms with van der Waals surface area (Å²) in [5, 5.41) is 0. The van der Waals surface area contributed by atoms with E-state index in [9.17, 15) is 13.6 Å². The minimum absolute atomic E-state index is 0.0402. The molecular weight excluding hydrogens is 282 g/mol. The lowest BCUT2D eigenvalue weighted by molar-refractivity contribution is -0.115. The Morgan fingerprint density at radius 3 is 2.41 bits per heavy atom. The Morgan fingerprint density at radius 2 is 1.73 bits per heavy atom. The fourth-order valence-electron chi connectivity index (χ4n) is 2.91. The van der Waals surface area contributed by atoms with Crippen LogP contribution < -0.4 is 0 Å². The van der Waals surface area contributed by atoms with Gasteiger partial charge in [0.25, 0.3) is 0 Å². The van der Waals surface area contributed by atoms with Gasteiger partial charge in [-0.1, -0.05) is 18.2 Å². The van der Waals surface area contributed by atoms with Crippen molar-refractivity contribution in [1.29, 1.82) is 0 Å². The topological polar surface area (TPSA) is 17.1 Å². The quantitative estimate of drug-likeness (QED) is 0.778. The van der Waals surface area contributed by atoms with Crippen LogP contribution in [0.5, 0.6) is 0 Å². The van der Waals surface area contributed by atoms with E-state index in [2.05, 4.69) is 0 Å². The summed E-state index contributed by atoms with van der Waals surface area (Å²) in [5.41, 5.74) is 3.31. The van der Waals surface area contributed by atoms with Crippen LogP contribution in [0.25, 0.3) is 5.57 Å². The molecule has 0 unspecified atom stereocenters. The molecule has 1 aliphatic rings. The number of hydrogen-bond acceptors (Lipinski definition) is 1. The van der Waals surface area contributed by atoms with E-state index in [0.29, 0.717) is 18.4 Å². The zero-order valence-electron chi connectivity index (χ0n) is 12.3. The van der Waals surface area contributed by atoms with Gasteiger partial charge in [-0.2, -0.15) is 0 Å². The molecule has 0 spiro atoms. The summed E-state index contributed by atoms with van der Waals surface area (Å²) in [6.07, 6.45) is 2.77. The fourth-order valence-corrected chi connectivity index (χ4v) is 2.91. The monoisotopic (exact) mass is 298 g/mol. The van der Waals surface area contributed by atoms with Crippen molar-refractivity contribution in [1.82, 2.24) is 0 Å². The minimum Gasteiger partial charge on any atom is -0.295 e. The number of carbonyl (C=O) groups is 1. The van der Waals surface area contributed by atoms with E-state index < -0.39 is 0 Å². The van der Waals surface area contributed by atoms with Crippen molar-refractivity contribution in [2.75, 3.05) is 0 Å². The second kappa shape index (κ2) is 5.84. The maximum absolute atomic E-state index is 13.4. The zero-order chi connectivity index (χ0) is 15.7. The van der Waals surface area contributed by atoms with Crippen LogP contribution in [0.1, 0.15) is 35.4 Å². The van der Waals surface area contributed by atoms with Crippen LogP contribution in [0, 0.1) is 18.6 Å². The van der Waals surface area contributed by atoms with Crippen molar-refractivity contribution < 1.29 is 13.6 Å². The summed E-state index contributed by atoms with van der Waals surface area (Å²) >= 11 is 0. The molecule has 0 radical (unpaired) electrons. The first-order valence-electron chi connectivity index (χ1n) is 7.28. The molecular formula is C19H16F2O. The third-order valence-corrected chi connectivity index (χ3v) is 4.12. The van der Waals surface area contributed by atoms with Gasteiger partial charge in [0, 0.05) is 6.42 Å². The lowest BCUT2D eigenvalue weighted by Crippen LogP contribution is -2.12. The maximum Gasteiger partial charge on any atom is 0.156 e. The summed E-state index contributed by atoms with van der Waals surface area (Å²) in [5.74, 6) is -0.437. The Kier molecular flexibility index (Phi) is 3.88. The average molecular weight is 298 g/mol. The van der Waals surface area contributed by atoms with Crippen LogP contribution >= 0.6 is 0 Å². The van der Waals surface area contributed by atoms with E-state index in [4.69, 9.17) is 0 Å². The van der Waals surface area contributed by atoms with E-state index in [1.807, 2.05) is 0 Å². The second-order valence-corrected chi connectivity index (χ2v) is 5.76. The van der Waals surface area contributed by atoms with Crippen LogP contribution in [-0.2, 0) is 4.79 Å². The number of benzene rings is 2. The Balaban J connectivity index is 1.91. The molecule has 0 aliphatic heterocycles. The van der Waals surface area contributed by atoms with Crippen molar-refractivity contribution in [3.05, 3.63) is 76.9 Å². The molecule has 0 fully saturated rings. The van der Waals surface area contributed by atoms with Crippen LogP contribution in [-0.4, -0.2) is 5.78 Å². The second-order valence-electron chi connectivity index (χ2n) is 5.76. The largest absolute Gasteiger partial charge is 0.295 e. The first kappa shape index (κ1) is 14.6. The highest BCUT2D eigenvalue weighted by molar-refractivity contribution is 5.99. The molecule has 1 atom stereocenters. The minimum atomic E-state index is -0.282. The van der Waals surface area contributed by atoms with Crippen LogP contribution in [0.3, 0.4) is 0 Å². The molecule has 0 N–H and O–H groups in total. The highest BCUT2D eigenvalue weighted by Gasteiger charge is 2.23. The van der Waals surface area contributed by atoms with Gasteiger partial charge < -0.3 is 0 Å². The Bertz CT molecular complexity index is 745. The number of rotatable bonds is 2. The smallest absolute Gasteiger partial charge is 0.156 e. The molecule has 3 rings (SSSR count). The molecule has 0 bridgehead atoms. The van der Waals surface area contributed by atoms with Gasteiger partial charge in [-0.15, -0.1) is 0 Å². The SMILES string of the molecule is Cc1cc(C2=CC(=O)C[C@H](c3ccc(F)cc3)C2)ccc1F. The van der Waals surface area contributed by atoms with Gasteiger partial charge in [-0.3, -0.25) is 4.79 Å². The van der Waals surface area contributed by atoms with E-state index in [-0.39, 0.29) is 23.3 Å². The number of ketones is 1.